The van der Waals surface area contributed by atoms with Crippen molar-refractivity contribution in [2.24, 2.45) is 0 Å². The maximum absolute atomic E-state index is 11.1. The number of methoxy groups -OCH3 is 1. The molecule has 110 valence electrons. The number of aryl methyl sites for hydroxylation is 1. The second-order valence-corrected chi connectivity index (χ2v) is 4.87. The summed E-state index contributed by atoms with van der Waals surface area (Å²) in [7, 11) is 1.62. The Morgan fingerprint density at radius 1 is 1.19 bits per heavy atom. The van der Waals surface area contributed by atoms with Crippen molar-refractivity contribution in [3.63, 3.8) is 0 Å². The van der Waals surface area contributed by atoms with E-state index in [1.54, 1.807) is 13.2 Å². The predicted molar refractivity (Wildman–Crippen MR) is 82.9 cm³/mol. The Balaban J connectivity index is 2.26. The number of rotatable bonds is 5. The van der Waals surface area contributed by atoms with Gasteiger partial charge < -0.3 is 10.1 Å². The minimum absolute atomic E-state index is 0.0456. The molecular formula is C16H18N2O3. The number of hydrogen-bond acceptors (Lipinski definition) is 4. The second-order valence-electron chi connectivity index (χ2n) is 4.87. The summed E-state index contributed by atoms with van der Waals surface area (Å²) in [6.07, 6.45) is 0. The highest BCUT2D eigenvalue weighted by Crippen LogP contribution is 2.31. The highest BCUT2D eigenvalue weighted by molar-refractivity contribution is 5.66. The molecule has 2 aromatic rings. The molecule has 1 N–H and O–H groups in total. The maximum Gasteiger partial charge on any atom is 0.292 e. The third-order valence-electron chi connectivity index (χ3n) is 3.42. The van der Waals surface area contributed by atoms with Gasteiger partial charge in [-0.15, -0.1) is 0 Å². The fourth-order valence-electron chi connectivity index (χ4n) is 2.18. The Morgan fingerprint density at radius 2 is 1.86 bits per heavy atom. The van der Waals surface area contributed by atoms with E-state index in [0.29, 0.717) is 5.69 Å². The molecule has 21 heavy (non-hydrogen) atoms. The van der Waals surface area contributed by atoms with E-state index in [1.165, 1.54) is 6.07 Å². The van der Waals surface area contributed by atoms with Gasteiger partial charge in [0.25, 0.3) is 5.69 Å². The number of nitrogens with zero attached hydrogens (tertiary/aromatic N) is 1. The van der Waals surface area contributed by atoms with Gasteiger partial charge in [0.15, 0.2) is 0 Å². The average molecular weight is 286 g/mol. The summed E-state index contributed by atoms with van der Waals surface area (Å²) in [6.45, 7) is 3.83. The average Bonchev–Trinajstić information content (AvgIpc) is 2.49. The third kappa shape index (κ3) is 3.31. The van der Waals surface area contributed by atoms with Gasteiger partial charge in [-0.05, 0) is 37.1 Å². The standard InChI is InChI=1S/C16H18N2O3/c1-11-5-4-6-15(18(19)20)16(11)17-12(2)13-7-9-14(21-3)10-8-13/h4-10,12,17H,1-3H3. The van der Waals surface area contributed by atoms with Gasteiger partial charge in [-0.25, -0.2) is 0 Å². The molecule has 1 unspecified atom stereocenters. The number of benzene rings is 2. The lowest BCUT2D eigenvalue weighted by Gasteiger charge is -2.17. The quantitative estimate of drug-likeness (QED) is 0.664. The lowest BCUT2D eigenvalue weighted by atomic mass is 10.1. The highest BCUT2D eigenvalue weighted by atomic mass is 16.6. The first-order valence-electron chi connectivity index (χ1n) is 6.67. The first kappa shape index (κ1) is 14.8. The first-order chi connectivity index (χ1) is 10.0. The van der Waals surface area contributed by atoms with Crippen molar-refractivity contribution in [3.8, 4) is 5.75 Å². The molecule has 1 atom stereocenters. The number of nitro groups is 1. The largest absolute Gasteiger partial charge is 0.497 e. The van der Waals surface area contributed by atoms with Crippen LogP contribution in [0.5, 0.6) is 5.75 Å². The van der Waals surface area contributed by atoms with E-state index in [9.17, 15) is 10.1 Å². The SMILES string of the molecule is COc1ccc(C(C)Nc2c(C)cccc2[N+](=O)[O-])cc1. The number of ether oxygens (including phenoxy) is 1. The lowest BCUT2D eigenvalue weighted by molar-refractivity contribution is -0.384. The third-order valence-corrected chi connectivity index (χ3v) is 3.42. The van der Waals surface area contributed by atoms with Gasteiger partial charge in [-0.3, -0.25) is 10.1 Å². The minimum Gasteiger partial charge on any atom is -0.497 e. The van der Waals surface area contributed by atoms with Crippen LogP contribution in [0.3, 0.4) is 0 Å². The summed E-state index contributed by atoms with van der Waals surface area (Å²) < 4.78 is 5.13. The van der Waals surface area contributed by atoms with Crippen LogP contribution in [0.1, 0.15) is 24.1 Å². The highest BCUT2D eigenvalue weighted by Gasteiger charge is 2.17. The van der Waals surface area contributed by atoms with Gasteiger partial charge in [0.2, 0.25) is 0 Å². The Bertz CT molecular complexity index is 638. The Morgan fingerprint density at radius 3 is 2.43 bits per heavy atom. The molecule has 5 nitrogen and oxygen atoms in total. The normalized spacial score (nSPS) is 11.8. The summed E-state index contributed by atoms with van der Waals surface area (Å²) in [6, 6.07) is 12.7. The molecule has 0 aliphatic carbocycles. The van der Waals surface area contributed by atoms with Crippen LogP contribution in [-0.2, 0) is 0 Å². The molecule has 0 aromatic heterocycles. The molecule has 5 heteroatoms. The predicted octanol–water partition coefficient (Wildman–Crippen LogP) is 4.08. The molecule has 2 aromatic carbocycles. The van der Waals surface area contributed by atoms with Crippen LogP contribution in [-0.4, -0.2) is 12.0 Å². The van der Waals surface area contributed by atoms with Crippen molar-refractivity contribution in [1.29, 1.82) is 0 Å². The van der Waals surface area contributed by atoms with E-state index in [4.69, 9.17) is 4.74 Å². The van der Waals surface area contributed by atoms with E-state index in [2.05, 4.69) is 5.32 Å². The van der Waals surface area contributed by atoms with Gasteiger partial charge in [-0.2, -0.15) is 0 Å². The van der Waals surface area contributed by atoms with Crippen LogP contribution in [0.2, 0.25) is 0 Å². The summed E-state index contributed by atoms with van der Waals surface area (Å²) in [5.74, 6) is 0.785. The van der Waals surface area contributed by atoms with E-state index in [-0.39, 0.29) is 16.7 Å². The minimum atomic E-state index is -0.365. The van der Waals surface area contributed by atoms with Crippen LogP contribution in [0, 0.1) is 17.0 Å². The van der Waals surface area contributed by atoms with Gasteiger partial charge in [0, 0.05) is 12.1 Å². The molecule has 0 amide bonds. The van der Waals surface area contributed by atoms with Gasteiger partial charge in [-0.1, -0.05) is 24.3 Å². The van der Waals surface area contributed by atoms with E-state index in [0.717, 1.165) is 16.9 Å². The monoisotopic (exact) mass is 286 g/mol. The number of para-hydroxylation sites is 1. The van der Waals surface area contributed by atoms with Crippen LogP contribution < -0.4 is 10.1 Å². The molecule has 0 aliphatic rings. The van der Waals surface area contributed by atoms with Crippen LogP contribution in [0.15, 0.2) is 42.5 Å². The smallest absolute Gasteiger partial charge is 0.292 e. The topological polar surface area (TPSA) is 64.4 Å². The van der Waals surface area contributed by atoms with Crippen LogP contribution in [0.25, 0.3) is 0 Å². The van der Waals surface area contributed by atoms with Crippen molar-refractivity contribution >= 4 is 11.4 Å². The van der Waals surface area contributed by atoms with Crippen molar-refractivity contribution in [3.05, 3.63) is 63.7 Å². The van der Waals surface area contributed by atoms with E-state index < -0.39 is 0 Å². The summed E-state index contributed by atoms with van der Waals surface area (Å²) in [5.41, 5.74) is 2.54. The van der Waals surface area contributed by atoms with E-state index in [1.807, 2.05) is 44.2 Å². The molecule has 2 rings (SSSR count). The summed E-state index contributed by atoms with van der Waals surface area (Å²) >= 11 is 0. The van der Waals surface area contributed by atoms with Crippen molar-refractivity contribution in [2.75, 3.05) is 12.4 Å². The fourth-order valence-corrected chi connectivity index (χ4v) is 2.18. The van der Waals surface area contributed by atoms with Gasteiger partial charge in [0.05, 0.1) is 12.0 Å². The Hall–Kier alpha value is -2.56. The van der Waals surface area contributed by atoms with Crippen molar-refractivity contribution < 1.29 is 9.66 Å². The molecule has 0 spiro atoms. The molecule has 0 fully saturated rings. The number of nitrogens with one attached hydrogen (secondary N) is 1. The zero-order chi connectivity index (χ0) is 15.4. The molecule has 0 heterocycles. The van der Waals surface area contributed by atoms with Crippen molar-refractivity contribution in [1.82, 2.24) is 0 Å². The van der Waals surface area contributed by atoms with Crippen molar-refractivity contribution in [2.45, 2.75) is 19.9 Å². The Kier molecular flexibility index (Phi) is 4.42. The maximum atomic E-state index is 11.1. The number of nitro benzene ring substituents is 1. The lowest BCUT2D eigenvalue weighted by Crippen LogP contribution is -2.09. The van der Waals surface area contributed by atoms with E-state index >= 15 is 0 Å². The molecular weight excluding hydrogens is 268 g/mol. The summed E-state index contributed by atoms with van der Waals surface area (Å²) in [5, 5.41) is 14.4. The molecule has 0 aliphatic heterocycles. The number of anilines is 1. The zero-order valence-electron chi connectivity index (χ0n) is 12.3. The fraction of sp³-hybridized carbons (Fsp3) is 0.250. The Labute approximate surface area is 123 Å². The molecule has 0 saturated heterocycles. The summed E-state index contributed by atoms with van der Waals surface area (Å²) in [4.78, 5) is 10.8. The first-order valence-corrected chi connectivity index (χ1v) is 6.67. The zero-order valence-corrected chi connectivity index (χ0v) is 12.3. The van der Waals surface area contributed by atoms with Gasteiger partial charge in [0.1, 0.15) is 11.4 Å². The number of hydrogen-bond donors (Lipinski definition) is 1. The van der Waals surface area contributed by atoms with Crippen LogP contribution >= 0.6 is 0 Å². The molecule has 0 bridgehead atoms. The van der Waals surface area contributed by atoms with Gasteiger partial charge >= 0.3 is 0 Å². The molecule has 0 saturated carbocycles. The van der Waals surface area contributed by atoms with Crippen LogP contribution in [0.4, 0.5) is 11.4 Å². The second kappa shape index (κ2) is 6.26. The molecule has 0 radical (unpaired) electrons.